The number of anilines is 1. The van der Waals surface area contributed by atoms with Crippen molar-refractivity contribution in [3.63, 3.8) is 0 Å². The molecule has 5 heteroatoms. The van der Waals surface area contributed by atoms with E-state index in [9.17, 15) is 4.79 Å². The van der Waals surface area contributed by atoms with Crippen molar-refractivity contribution in [1.29, 1.82) is 0 Å². The van der Waals surface area contributed by atoms with Gasteiger partial charge in [-0.15, -0.1) is 11.3 Å². The van der Waals surface area contributed by atoms with Gasteiger partial charge in [-0.2, -0.15) is 0 Å². The predicted molar refractivity (Wildman–Crippen MR) is 111 cm³/mol. The molecule has 1 N–H and O–H groups in total. The summed E-state index contributed by atoms with van der Waals surface area (Å²) < 4.78 is 11.1. The fraction of sp³-hybridized carbons (Fsp3) is 0.227. The van der Waals surface area contributed by atoms with Crippen LogP contribution in [0.5, 0.6) is 11.5 Å². The Morgan fingerprint density at radius 3 is 2.67 bits per heavy atom. The van der Waals surface area contributed by atoms with Crippen LogP contribution in [0.1, 0.15) is 30.1 Å². The summed E-state index contributed by atoms with van der Waals surface area (Å²) in [4.78, 5) is 13.9. The molecule has 0 atom stereocenters. The van der Waals surface area contributed by atoms with Crippen LogP contribution in [-0.4, -0.2) is 19.6 Å². The molecular formula is C22H23NO3S. The second kappa shape index (κ2) is 9.24. The van der Waals surface area contributed by atoms with E-state index in [0.29, 0.717) is 23.7 Å². The quantitative estimate of drug-likeness (QED) is 0.498. The van der Waals surface area contributed by atoms with Gasteiger partial charge in [0.15, 0.2) is 11.5 Å². The number of thiophene rings is 1. The van der Waals surface area contributed by atoms with Crippen molar-refractivity contribution in [3.8, 4) is 21.9 Å². The first-order valence-electron chi connectivity index (χ1n) is 8.98. The first-order chi connectivity index (χ1) is 13.2. The molecule has 0 spiro atoms. The van der Waals surface area contributed by atoms with Crippen LogP contribution in [0.4, 0.5) is 5.69 Å². The minimum absolute atomic E-state index is 0.183. The summed E-state index contributed by atoms with van der Waals surface area (Å²) in [6.45, 7) is 2.74. The van der Waals surface area contributed by atoms with E-state index in [1.165, 1.54) is 0 Å². The molecule has 0 fully saturated rings. The summed E-state index contributed by atoms with van der Waals surface area (Å²) in [6.07, 6.45) is 2.04. The van der Waals surface area contributed by atoms with Crippen molar-refractivity contribution < 1.29 is 14.3 Å². The maximum Gasteiger partial charge on any atom is 0.255 e. The summed E-state index contributed by atoms with van der Waals surface area (Å²) in [7, 11) is 1.58. The van der Waals surface area contributed by atoms with Gasteiger partial charge >= 0.3 is 0 Å². The zero-order chi connectivity index (χ0) is 19.1. The van der Waals surface area contributed by atoms with E-state index >= 15 is 0 Å². The Morgan fingerprint density at radius 2 is 1.93 bits per heavy atom. The number of carbonyl (C=O) groups is 1. The van der Waals surface area contributed by atoms with Crippen molar-refractivity contribution in [2.75, 3.05) is 19.0 Å². The molecule has 0 aliphatic carbocycles. The number of amides is 1. The van der Waals surface area contributed by atoms with Crippen LogP contribution in [-0.2, 0) is 0 Å². The fourth-order valence-corrected chi connectivity index (χ4v) is 3.45. The lowest BCUT2D eigenvalue weighted by atomic mass is 10.1. The summed E-state index contributed by atoms with van der Waals surface area (Å²) in [5.74, 6) is 1.03. The van der Waals surface area contributed by atoms with Crippen molar-refractivity contribution in [2.45, 2.75) is 19.8 Å². The van der Waals surface area contributed by atoms with Crippen LogP contribution in [0, 0.1) is 0 Å². The molecule has 4 nitrogen and oxygen atoms in total. The first kappa shape index (κ1) is 19.0. The number of carbonyl (C=O) groups excluding carboxylic acids is 1. The molecule has 0 radical (unpaired) electrons. The Hall–Kier alpha value is -2.79. The number of hydrogen-bond donors (Lipinski definition) is 1. The van der Waals surface area contributed by atoms with Crippen LogP contribution in [0.3, 0.4) is 0 Å². The average Bonchev–Trinajstić information content (AvgIpc) is 3.23. The van der Waals surface area contributed by atoms with E-state index in [-0.39, 0.29) is 5.91 Å². The van der Waals surface area contributed by atoms with E-state index < -0.39 is 0 Å². The third-order valence-electron chi connectivity index (χ3n) is 4.14. The van der Waals surface area contributed by atoms with E-state index in [4.69, 9.17) is 9.47 Å². The van der Waals surface area contributed by atoms with Gasteiger partial charge in [-0.25, -0.2) is 0 Å². The van der Waals surface area contributed by atoms with Crippen LogP contribution < -0.4 is 14.8 Å². The number of benzene rings is 2. The highest BCUT2D eigenvalue weighted by atomic mass is 32.1. The third-order valence-corrected chi connectivity index (χ3v) is 5.05. The Labute approximate surface area is 163 Å². The third kappa shape index (κ3) is 4.68. The highest BCUT2D eigenvalue weighted by Gasteiger charge is 2.14. The summed E-state index contributed by atoms with van der Waals surface area (Å²) in [6, 6.07) is 17.1. The Morgan fingerprint density at radius 1 is 1.07 bits per heavy atom. The second-order valence-electron chi connectivity index (χ2n) is 6.04. The van der Waals surface area contributed by atoms with Crippen LogP contribution >= 0.6 is 11.3 Å². The summed E-state index contributed by atoms with van der Waals surface area (Å²) in [5.41, 5.74) is 2.31. The highest BCUT2D eigenvalue weighted by Crippen LogP contribution is 2.32. The lowest BCUT2D eigenvalue weighted by Gasteiger charge is -2.13. The molecule has 0 saturated heterocycles. The predicted octanol–water partition coefficient (Wildman–Crippen LogP) is 5.85. The molecule has 1 amide bonds. The lowest BCUT2D eigenvalue weighted by molar-refractivity contribution is 0.102. The van der Waals surface area contributed by atoms with Crippen molar-refractivity contribution in [2.24, 2.45) is 0 Å². The minimum atomic E-state index is -0.183. The first-order valence-corrected chi connectivity index (χ1v) is 9.86. The summed E-state index contributed by atoms with van der Waals surface area (Å²) in [5, 5.41) is 5.03. The fourth-order valence-electron chi connectivity index (χ4n) is 2.69. The smallest absolute Gasteiger partial charge is 0.255 e. The van der Waals surface area contributed by atoms with E-state index in [0.717, 1.165) is 29.0 Å². The lowest BCUT2D eigenvalue weighted by Crippen LogP contribution is -2.13. The van der Waals surface area contributed by atoms with Gasteiger partial charge in [0.1, 0.15) is 0 Å². The van der Waals surface area contributed by atoms with Crippen LogP contribution in [0.2, 0.25) is 0 Å². The van der Waals surface area contributed by atoms with E-state index in [1.807, 2.05) is 41.8 Å². The number of rotatable bonds is 8. The standard InChI is InChI=1S/C22H23NO3S/c1-3-4-13-26-19-12-11-16(15-20(19)25-2)22(24)23-18-9-6-5-8-17(18)21-10-7-14-27-21/h5-12,14-15H,3-4,13H2,1-2H3,(H,23,24). The molecule has 3 rings (SSSR count). The van der Waals surface area contributed by atoms with Gasteiger partial charge in [0.25, 0.3) is 5.91 Å². The number of nitrogens with one attached hydrogen (secondary N) is 1. The highest BCUT2D eigenvalue weighted by molar-refractivity contribution is 7.13. The molecule has 0 unspecified atom stereocenters. The number of unbranched alkanes of at least 4 members (excludes halogenated alkanes) is 1. The molecule has 0 aliphatic rings. The topological polar surface area (TPSA) is 47.6 Å². The maximum atomic E-state index is 12.8. The summed E-state index contributed by atoms with van der Waals surface area (Å²) >= 11 is 1.64. The van der Waals surface area contributed by atoms with Crippen molar-refractivity contribution in [1.82, 2.24) is 0 Å². The average molecular weight is 381 g/mol. The van der Waals surface area contributed by atoms with E-state index in [2.05, 4.69) is 12.2 Å². The van der Waals surface area contributed by atoms with Crippen molar-refractivity contribution in [3.05, 3.63) is 65.5 Å². The number of hydrogen-bond acceptors (Lipinski definition) is 4. The molecule has 3 aromatic rings. The van der Waals surface area contributed by atoms with Gasteiger partial charge in [-0.05, 0) is 42.1 Å². The molecule has 2 aromatic carbocycles. The Balaban J connectivity index is 1.79. The molecule has 1 aromatic heterocycles. The van der Waals surface area contributed by atoms with Crippen LogP contribution in [0.15, 0.2) is 60.0 Å². The van der Waals surface area contributed by atoms with Crippen molar-refractivity contribution >= 4 is 22.9 Å². The van der Waals surface area contributed by atoms with Crippen LogP contribution in [0.25, 0.3) is 10.4 Å². The zero-order valence-corrected chi connectivity index (χ0v) is 16.3. The normalized spacial score (nSPS) is 10.4. The Bertz CT molecular complexity index is 890. The Kier molecular flexibility index (Phi) is 6.49. The molecule has 1 heterocycles. The molecule has 0 aliphatic heterocycles. The monoisotopic (exact) mass is 381 g/mol. The van der Waals surface area contributed by atoms with Gasteiger partial charge in [-0.1, -0.05) is 37.6 Å². The zero-order valence-electron chi connectivity index (χ0n) is 15.5. The number of para-hydroxylation sites is 1. The van der Waals surface area contributed by atoms with Gasteiger partial charge < -0.3 is 14.8 Å². The van der Waals surface area contributed by atoms with Gasteiger partial charge in [0.05, 0.1) is 13.7 Å². The second-order valence-corrected chi connectivity index (χ2v) is 6.99. The molecule has 140 valence electrons. The minimum Gasteiger partial charge on any atom is -0.493 e. The molecule has 27 heavy (non-hydrogen) atoms. The molecule has 0 saturated carbocycles. The van der Waals surface area contributed by atoms with E-state index in [1.54, 1.807) is 36.6 Å². The number of methoxy groups -OCH3 is 1. The number of ether oxygens (including phenoxy) is 2. The van der Waals surface area contributed by atoms with Gasteiger partial charge in [-0.3, -0.25) is 4.79 Å². The molecular weight excluding hydrogens is 358 g/mol. The SMILES string of the molecule is CCCCOc1ccc(C(=O)Nc2ccccc2-c2cccs2)cc1OC. The van der Waals surface area contributed by atoms with Gasteiger partial charge in [0, 0.05) is 21.7 Å². The molecule has 0 bridgehead atoms. The maximum absolute atomic E-state index is 12.8. The van der Waals surface area contributed by atoms with Gasteiger partial charge in [0.2, 0.25) is 0 Å². The largest absolute Gasteiger partial charge is 0.493 e.